The molecular weight excluding hydrogens is 259 g/mol. The average molecular weight is 272 g/mol. The maximum Gasteiger partial charge on any atom is 0.182 e. The lowest BCUT2D eigenvalue weighted by molar-refractivity contribution is 0.629. The van der Waals surface area contributed by atoms with Crippen LogP contribution in [0.1, 0.15) is 11.1 Å². The number of nitrogens with zero attached hydrogens (tertiary/aromatic N) is 1. The molecule has 1 aromatic heterocycles. The summed E-state index contributed by atoms with van der Waals surface area (Å²) in [6.45, 7) is 4.10. The van der Waals surface area contributed by atoms with Crippen LogP contribution in [0, 0.1) is 24.4 Å². The van der Waals surface area contributed by atoms with Crippen LogP contribution in [0.15, 0.2) is 36.4 Å². The minimum atomic E-state index is -0.267. The minimum Gasteiger partial charge on any atom is -0.330 e. The van der Waals surface area contributed by atoms with Crippen molar-refractivity contribution in [2.45, 2.75) is 13.8 Å². The van der Waals surface area contributed by atoms with Crippen molar-refractivity contribution in [2.24, 2.45) is 0 Å². The van der Waals surface area contributed by atoms with Crippen LogP contribution in [0.4, 0.5) is 4.39 Å². The topological polar surface area (TPSA) is 20.7 Å². The summed E-state index contributed by atoms with van der Waals surface area (Å²) in [6, 6.07) is 10.9. The molecule has 2 aromatic carbocycles. The molecule has 0 fully saturated rings. The number of rotatable bonds is 1. The quantitative estimate of drug-likeness (QED) is 0.649. The highest BCUT2D eigenvalue weighted by molar-refractivity contribution is 7.71. The molecule has 0 bridgehead atoms. The zero-order valence-corrected chi connectivity index (χ0v) is 11.5. The standard InChI is InChI=1S/C15H13FN2S/c1-9-3-5-13(10(2)7-9)18-14-6-4-11(16)8-12(14)17-15(18)19/h3-8H,1-2H3,(H,17,19). The van der Waals surface area contributed by atoms with E-state index in [-0.39, 0.29) is 5.82 Å². The lowest BCUT2D eigenvalue weighted by Crippen LogP contribution is -1.97. The van der Waals surface area contributed by atoms with Crippen LogP contribution in [0.5, 0.6) is 0 Å². The molecule has 0 aliphatic carbocycles. The van der Waals surface area contributed by atoms with Crippen molar-refractivity contribution in [3.8, 4) is 5.69 Å². The van der Waals surface area contributed by atoms with E-state index in [0.717, 1.165) is 16.8 Å². The third-order valence-corrected chi connectivity index (χ3v) is 3.52. The van der Waals surface area contributed by atoms with Crippen molar-refractivity contribution >= 4 is 23.3 Å². The molecule has 96 valence electrons. The lowest BCUT2D eigenvalue weighted by atomic mass is 10.1. The summed E-state index contributed by atoms with van der Waals surface area (Å²) in [5.74, 6) is -0.267. The van der Waals surface area contributed by atoms with Gasteiger partial charge in [0, 0.05) is 0 Å². The van der Waals surface area contributed by atoms with E-state index < -0.39 is 0 Å². The van der Waals surface area contributed by atoms with Crippen molar-refractivity contribution < 1.29 is 4.39 Å². The van der Waals surface area contributed by atoms with Crippen molar-refractivity contribution in [2.75, 3.05) is 0 Å². The molecule has 0 unspecified atom stereocenters. The third-order valence-electron chi connectivity index (χ3n) is 3.24. The summed E-state index contributed by atoms with van der Waals surface area (Å²) >= 11 is 5.36. The van der Waals surface area contributed by atoms with E-state index in [9.17, 15) is 4.39 Å². The van der Waals surface area contributed by atoms with Gasteiger partial charge in [-0.3, -0.25) is 4.57 Å². The van der Waals surface area contributed by atoms with Crippen LogP contribution in [0.3, 0.4) is 0 Å². The normalized spacial score (nSPS) is 11.1. The van der Waals surface area contributed by atoms with E-state index in [1.807, 2.05) is 23.6 Å². The van der Waals surface area contributed by atoms with Crippen LogP contribution in [-0.2, 0) is 0 Å². The number of benzene rings is 2. The molecule has 0 atom stereocenters. The largest absolute Gasteiger partial charge is 0.330 e. The molecule has 1 heterocycles. The summed E-state index contributed by atoms with van der Waals surface area (Å²) in [4.78, 5) is 3.05. The first-order valence-electron chi connectivity index (χ1n) is 6.04. The molecular formula is C15H13FN2S. The van der Waals surface area contributed by atoms with Gasteiger partial charge in [-0.05, 0) is 55.9 Å². The number of hydrogen-bond acceptors (Lipinski definition) is 1. The number of aromatic amines is 1. The number of aromatic nitrogens is 2. The van der Waals surface area contributed by atoms with Crippen LogP contribution < -0.4 is 0 Å². The number of nitrogens with one attached hydrogen (secondary N) is 1. The number of hydrogen-bond donors (Lipinski definition) is 1. The Bertz CT molecular complexity index is 830. The highest BCUT2D eigenvalue weighted by Gasteiger charge is 2.09. The minimum absolute atomic E-state index is 0.267. The fourth-order valence-corrected chi connectivity index (χ4v) is 2.69. The van der Waals surface area contributed by atoms with E-state index in [4.69, 9.17) is 12.2 Å². The number of aryl methyl sites for hydroxylation is 2. The van der Waals surface area contributed by atoms with Crippen molar-refractivity contribution in [3.63, 3.8) is 0 Å². The molecule has 19 heavy (non-hydrogen) atoms. The van der Waals surface area contributed by atoms with Gasteiger partial charge in [0.25, 0.3) is 0 Å². The van der Waals surface area contributed by atoms with Gasteiger partial charge < -0.3 is 4.98 Å². The molecule has 3 aromatic rings. The molecule has 3 rings (SSSR count). The Balaban J connectivity index is 2.36. The SMILES string of the molecule is Cc1ccc(-n2c(=S)[nH]c3cc(F)ccc32)c(C)c1. The van der Waals surface area contributed by atoms with Gasteiger partial charge in [0.05, 0.1) is 16.7 Å². The smallest absolute Gasteiger partial charge is 0.182 e. The van der Waals surface area contributed by atoms with Crippen LogP contribution >= 0.6 is 12.2 Å². The fraction of sp³-hybridized carbons (Fsp3) is 0.133. The monoisotopic (exact) mass is 272 g/mol. The third kappa shape index (κ3) is 1.98. The first-order valence-corrected chi connectivity index (χ1v) is 6.45. The van der Waals surface area contributed by atoms with Crippen LogP contribution in [0.2, 0.25) is 0 Å². The molecule has 0 saturated heterocycles. The van der Waals surface area contributed by atoms with Gasteiger partial charge in [0.15, 0.2) is 4.77 Å². The Labute approximate surface area is 115 Å². The predicted molar refractivity (Wildman–Crippen MR) is 77.9 cm³/mol. The highest BCUT2D eigenvalue weighted by atomic mass is 32.1. The van der Waals surface area contributed by atoms with Crippen molar-refractivity contribution in [3.05, 3.63) is 58.1 Å². The molecule has 0 radical (unpaired) electrons. The molecule has 0 aliphatic rings. The van der Waals surface area contributed by atoms with E-state index in [2.05, 4.69) is 18.0 Å². The van der Waals surface area contributed by atoms with E-state index in [1.165, 1.54) is 17.7 Å². The summed E-state index contributed by atoms with van der Waals surface area (Å²) in [5, 5.41) is 0. The zero-order chi connectivity index (χ0) is 13.6. The second kappa shape index (κ2) is 4.31. The molecule has 0 amide bonds. The second-order valence-electron chi connectivity index (χ2n) is 4.72. The molecule has 1 N–H and O–H groups in total. The Hall–Kier alpha value is -1.94. The highest BCUT2D eigenvalue weighted by Crippen LogP contribution is 2.23. The van der Waals surface area contributed by atoms with Gasteiger partial charge in [0.2, 0.25) is 0 Å². The van der Waals surface area contributed by atoms with Gasteiger partial charge >= 0.3 is 0 Å². The predicted octanol–water partition coefficient (Wildman–Crippen LogP) is 4.44. The van der Waals surface area contributed by atoms with E-state index >= 15 is 0 Å². The van der Waals surface area contributed by atoms with Gasteiger partial charge in [-0.15, -0.1) is 0 Å². The Morgan fingerprint density at radius 2 is 1.89 bits per heavy atom. The Kier molecular flexibility index (Phi) is 2.75. The Morgan fingerprint density at radius 3 is 2.63 bits per heavy atom. The second-order valence-corrected chi connectivity index (χ2v) is 5.10. The zero-order valence-electron chi connectivity index (χ0n) is 10.7. The molecule has 0 saturated carbocycles. The summed E-state index contributed by atoms with van der Waals surface area (Å²) in [7, 11) is 0. The van der Waals surface area contributed by atoms with E-state index in [0.29, 0.717) is 10.3 Å². The van der Waals surface area contributed by atoms with Gasteiger partial charge in [0.1, 0.15) is 5.82 Å². The average Bonchev–Trinajstić information content (AvgIpc) is 2.65. The fourth-order valence-electron chi connectivity index (χ4n) is 2.38. The van der Waals surface area contributed by atoms with Gasteiger partial charge in [-0.1, -0.05) is 17.7 Å². The Morgan fingerprint density at radius 1 is 1.11 bits per heavy atom. The maximum absolute atomic E-state index is 13.2. The van der Waals surface area contributed by atoms with Crippen molar-refractivity contribution in [1.29, 1.82) is 0 Å². The number of H-pyrrole nitrogens is 1. The van der Waals surface area contributed by atoms with Crippen LogP contribution in [-0.4, -0.2) is 9.55 Å². The molecule has 4 heteroatoms. The molecule has 2 nitrogen and oxygen atoms in total. The summed E-state index contributed by atoms with van der Waals surface area (Å²) in [5.41, 5.74) is 4.97. The lowest BCUT2D eigenvalue weighted by Gasteiger charge is -2.09. The molecule has 0 spiro atoms. The summed E-state index contributed by atoms with van der Waals surface area (Å²) in [6.07, 6.45) is 0. The van der Waals surface area contributed by atoms with Gasteiger partial charge in [-0.25, -0.2) is 4.39 Å². The molecule has 0 aliphatic heterocycles. The first kappa shape index (κ1) is 12.1. The first-order chi connectivity index (χ1) is 9.06. The maximum atomic E-state index is 13.2. The number of fused-ring (bicyclic) bond motifs is 1. The number of imidazole rings is 1. The van der Waals surface area contributed by atoms with Crippen molar-refractivity contribution in [1.82, 2.24) is 9.55 Å². The summed E-state index contributed by atoms with van der Waals surface area (Å²) < 4.78 is 15.8. The van der Waals surface area contributed by atoms with Gasteiger partial charge in [-0.2, -0.15) is 0 Å². The van der Waals surface area contributed by atoms with E-state index in [1.54, 1.807) is 6.07 Å². The number of halogens is 1. The van der Waals surface area contributed by atoms with Crippen LogP contribution in [0.25, 0.3) is 16.7 Å².